The Hall–Kier alpha value is -3.58. The van der Waals surface area contributed by atoms with Crippen molar-refractivity contribution in [3.05, 3.63) is 100 Å². The van der Waals surface area contributed by atoms with E-state index in [-0.39, 0.29) is 5.56 Å². The van der Waals surface area contributed by atoms with Crippen LogP contribution in [0.2, 0.25) is 0 Å². The number of nitrogens with one attached hydrogen (secondary N) is 2. The summed E-state index contributed by atoms with van der Waals surface area (Å²) < 4.78 is 11.0. The van der Waals surface area contributed by atoms with Crippen LogP contribution in [0.1, 0.15) is 23.8 Å². The molecule has 0 aliphatic rings. The van der Waals surface area contributed by atoms with Gasteiger partial charge in [-0.25, -0.2) is 0 Å². The number of aromatic amines is 1. The zero-order chi connectivity index (χ0) is 22.3. The van der Waals surface area contributed by atoms with Crippen molar-refractivity contribution in [1.82, 2.24) is 15.2 Å². The van der Waals surface area contributed by atoms with Gasteiger partial charge in [-0.05, 0) is 61.1 Å². The molecule has 0 radical (unpaired) electrons. The van der Waals surface area contributed by atoms with Gasteiger partial charge in [0.05, 0.1) is 26.0 Å². The number of pyridine rings is 1. The average Bonchev–Trinajstić information content (AvgIpc) is 3.32. The van der Waals surface area contributed by atoms with Gasteiger partial charge in [-0.2, -0.15) is 0 Å². The quantitative estimate of drug-likeness (QED) is 0.385. The standard InChI is InChI=1S/C25H25N3O3S/c1-2-30-21-10-11-23-19(14-21)13-20(24(29)27-23)17-28(16-18-7-4-3-5-8-18)25(32)26-15-22-9-6-12-31-22/h3-14H,2,15-17H2,1H3,(H,26,32)(H,27,29). The largest absolute Gasteiger partial charge is 0.494 e. The van der Waals surface area contributed by atoms with Crippen LogP contribution in [-0.2, 0) is 19.6 Å². The summed E-state index contributed by atoms with van der Waals surface area (Å²) in [5.74, 6) is 1.56. The third-order valence-corrected chi connectivity index (χ3v) is 5.46. The molecule has 4 aromatic rings. The third kappa shape index (κ3) is 5.36. The fourth-order valence-corrected chi connectivity index (χ4v) is 3.70. The predicted molar refractivity (Wildman–Crippen MR) is 130 cm³/mol. The van der Waals surface area contributed by atoms with Crippen LogP contribution in [0, 0.1) is 0 Å². The summed E-state index contributed by atoms with van der Waals surface area (Å²) in [6.45, 7) is 3.94. The van der Waals surface area contributed by atoms with Crippen LogP contribution in [0.3, 0.4) is 0 Å². The number of aromatic nitrogens is 1. The zero-order valence-corrected chi connectivity index (χ0v) is 18.7. The van der Waals surface area contributed by atoms with Gasteiger partial charge in [0.15, 0.2) is 5.11 Å². The summed E-state index contributed by atoms with van der Waals surface area (Å²) >= 11 is 5.68. The molecule has 2 aromatic carbocycles. The Morgan fingerprint density at radius 3 is 2.69 bits per heavy atom. The maximum atomic E-state index is 12.8. The Kier molecular flexibility index (Phi) is 6.87. The Morgan fingerprint density at radius 2 is 1.94 bits per heavy atom. The number of benzene rings is 2. The molecule has 2 aromatic heterocycles. The Labute approximate surface area is 191 Å². The minimum Gasteiger partial charge on any atom is -0.494 e. The van der Waals surface area contributed by atoms with Crippen LogP contribution in [0.4, 0.5) is 0 Å². The highest BCUT2D eigenvalue weighted by molar-refractivity contribution is 7.80. The van der Waals surface area contributed by atoms with Gasteiger partial charge in [0.25, 0.3) is 5.56 Å². The van der Waals surface area contributed by atoms with Crippen molar-refractivity contribution >= 4 is 28.2 Å². The lowest BCUT2D eigenvalue weighted by Gasteiger charge is -2.26. The second kappa shape index (κ2) is 10.2. The van der Waals surface area contributed by atoms with Crippen LogP contribution >= 0.6 is 12.2 Å². The van der Waals surface area contributed by atoms with E-state index in [1.165, 1.54) is 0 Å². The summed E-state index contributed by atoms with van der Waals surface area (Å²) in [4.78, 5) is 17.8. The van der Waals surface area contributed by atoms with Gasteiger partial charge in [0, 0.05) is 23.0 Å². The summed E-state index contributed by atoms with van der Waals surface area (Å²) in [6, 6.07) is 21.3. The van der Waals surface area contributed by atoms with E-state index in [4.69, 9.17) is 21.4 Å². The maximum Gasteiger partial charge on any atom is 0.253 e. The lowest BCUT2D eigenvalue weighted by molar-refractivity contribution is 0.340. The highest BCUT2D eigenvalue weighted by Crippen LogP contribution is 2.20. The summed E-state index contributed by atoms with van der Waals surface area (Å²) in [6.07, 6.45) is 1.63. The fraction of sp³-hybridized carbons (Fsp3) is 0.200. The van der Waals surface area contributed by atoms with E-state index < -0.39 is 0 Å². The molecule has 4 rings (SSSR count). The Bertz CT molecular complexity index is 1240. The van der Waals surface area contributed by atoms with Crippen molar-refractivity contribution in [2.24, 2.45) is 0 Å². The molecule has 32 heavy (non-hydrogen) atoms. The number of fused-ring (bicyclic) bond motifs is 1. The van der Waals surface area contributed by atoms with Gasteiger partial charge in [0.2, 0.25) is 0 Å². The molecule has 0 aliphatic heterocycles. The average molecular weight is 448 g/mol. The lowest BCUT2D eigenvalue weighted by atomic mass is 10.1. The molecule has 0 bridgehead atoms. The Balaban J connectivity index is 1.60. The van der Waals surface area contributed by atoms with Gasteiger partial charge in [-0.15, -0.1) is 0 Å². The van der Waals surface area contributed by atoms with Crippen LogP contribution in [0.15, 0.2) is 82.2 Å². The number of thiocarbonyl (C=S) groups is 1. The number of hydrogen-bond donors (Lipinski definition) is 2. The number of furan rings is 1. The van der Waals surface area contributed by atoms with E-state index in [2.05, 4.69) is 10.3 Å². The number of rotatable bonds is 8. The molecule has 0 unspecified atom stereocenters. The highest BCUT2D eigenvalue weighted by atomic mass is 32.1. The van der Waals surface area contributed by atoms with Gasteiger partial charge in [-0.1, -0.05) is 30.3 Å². The van der Waals surface area contributed by atoms with Gasteiger partial charge in [-0.3, -0.25) is 4.79 Å². The zero-order valence-electron chi connectivity index (χ0n) is 17.8. The molecule has 0 saturated heterocycles. The van der Waals surface area contributed by atoms with Gasteiger partial charge < -0.3 is 24.4 Å². The maximum absolute atomic E-state index is 12.8. The summed E-state index contributed by atoms with van der Waals surface area (Å²) in [5, 5.41) is 4.70. The van der Waals surface area contributed by atoms with E-state index in [1.807, 2.05) is 78.6 Å². The van der Waals surface area contributed by atoms with E-state index in [9.17, 15) is 4.79 Å². The van der Waals surface area contributed by atoms with E-state index in [0.29, 0.717) is 36.9 Å². The van der Waals surface area contributed by atoms with Crippen LogP contribution in [0.5, 0.6) is 5.75 Å². The van der Waals surface area contributed by atoms with Crippen molar-refractivity contribution in [2.45, 2.75) is 26.6 Å². The fourth-order valence-electron chi connectivity index (χ4n) is 3.50. The molecular weight excluding hydrogens is 422 g/mol. The number of H-pyrrole nitrogens is 1. The number of nitrogens with zero attached hydrogens (tertiary/aromatic N) is 1. The molecule has 164 valence electrons. The minimum atomic E-state index is -0.131. The number of ether oxygens (including phenoxy) is 1. The van der Waals surface area contributed by atoms with Gasteiger partial charge in [0.1, 0.15) is 11.5 Å². The predicted octanol–water partition coefficient (Wildman–Crippen LogP) is 4.60. The van der Waals surface area contributed by atoms with Crippen LogP contribution in [-0.4, -0.2) is 21.6 Å². The molecule has 0 amide bonds. The molecule has 0 atom stereocenters. The van der Waals surface area contributed by atoms with Crippen molar-refractivity contribution in [3.63, 3.8) is 0 Å². The van der Waals surface area contributed by atoms with Crippen molar-refractivity contribution in [3.8, 4) is 5.75 Å². The molecule has 0 saturated carbocycles. The SMILES string of the molecule is CCOc1ccc2[nH]c(=O)c(CN(Cc3ccccc3)C(=S)NCc3ccco3)cc2c1. The smallest absolute Gasteiger partial charge is 0.253 e. The molecular formula is C25H25N3O3S. The second-order valence-electron chi connectivity index (χ2n) is 7.39. The first-order chi connectivity index (χ1) is 15.6. The van der Waals surface area contributed by atoms with E-state index in [0.717, 1.165) is 28.0 Å². The minimum absolute atomic E-state index is 0.131. The van der Waals surface area contributed by atoms with Gasteiger partial charge >= 0.3 is 0 Å². The molecule has 7 heteroatoms. The van der Waals surface area contributed by atoms with E-state index >= 15 is 0 Å². The van der Waals surface area contributed by atoms with Crippen LogP contribution < -0.4 is 15.6 Å². The first-order valence-corrected chi connectivity index (χ1v) is 10.9. The first-order valence-electron chi connectivity index (χ1n) is 10.5. The molecule has 0 spiro atoms. The lowest BCUT2D eigenvalue weighted by Crippen LogP contribution is -2.39. The molecule has 2 heterocycles. The van der Waals surface area contributed by atoms with Crippen LogP contribution in [0.25, 0.3) is 10.9 Å². The monoisotopic (exact) mass is 447 g/mol. The molecule has 0 fully saturated rings. The Morgan fingerprint density at radius 1 is 1.09 bits per heavy atom. The topological polar surface area (TPSA) is 70.5 Å². The molecule has 0 aliphatic carbocycles. The van der Waals surface area contributed by atoms with Crippen molar-refractivity contribution in [2.75, 3.05) is 6.61 Å². The molecule has 6 nitrogen and oxygen atoms in total. The van der Waals surface area contributed by atoms with Crippen molar-refractivity contribution < 1.29 is 9.15 Å². The normalized spacial score (nSPS) is 10.8. The molecule has 2 N–H and O–H groups in total. The summed E-state index contributed by atoms with van der Waals surface area (Å²) in [7, 11) is 0. The third-order valence-electron chi connectivity index (χ3n) is 5.06. The number of hydrogen-bond acceptors (Lipinski definition) is 4. The first kappa shape index (κ1) is 21.6. The second-order valence-corrected chi connectivity index (χ2v) is 7.77. The summed E-state index contributed by atoms with van der Waals surface area (Å²) in [5.41, 5.74) is 2.37. The van der Waals surface area contributed by atoms with E-state index in [1.54, 1.807) is 6.26 Å². The van der Waals surface area contributed by atoms with Crippen molar-refractivity contribution in [1.29, 1.82) is 0 Å². The highest BCUT2D eigenvalue weighted by Gasteiger charge is 2.15.